The van der Waals surface area contributed by atoms with Crippen LogP contribution in [0.15, 0.2) is 0 Å². The molecular weight excluding hydrogens is 218 g/mol. The zero-order valence-corrected chi connectivity index (χ0v) is 7.97. The molecule has 0 fully saturated rings. The van der Waals surface area contributed by atoms with Gasteiger partial charge in [-0.2, -0.15) is 0 Å². The molecule has 0 radical (unpaired) electrons. The van der Waals surface area contributed by atoms with Crippen LogP contribution in [0.25, 0.3) is 0 Å². The van der Waals surface area contributed by atoms with Crippen molar-refractivity contribution >= 4 is 24.8 Å². The van der Waals surface area contributed by atoms with Crippen molar-refractivity contribution in [2.45, 2.75) is 6.92 Å². The normalized spacial score (nSPS) is 3.00. The number of rotatable bonds is 0. The Labute approximate surface area is 70.8 Å². The molecule has 0 aliphatic carbocycles. The van der Waals surface area contributed by atoms with Crippen LogP contribution in [-0.4, -0.2) is 11.7 Å². The summed E-state index contributed by atoms with van der Waals surface area (Å²) in [4.78, 5) is 0. The fraction of sp³-hybridized carbons (Fsp3) is 1.00. The van der Waals surface area contributed by atoms with Crippen molar-refractivity contribution in [1.82, 2.24) is 0 Å². The van der Waals surface area contributed by atoms with E-state index in [0.717, 1.165) is 0 Å². The molecule has 0 amide bonds. The van der Waals surface area contributed by atoms with Gasteiger partial charge in [0.25, 0.3) is 0 Å². The van der Waals surface area contributed by atoms with Gasteiger partial charge in [0, 0.05) is 6.61 Å². The molecule has 0 spiro atoms. The Hall–Kier alpha value is 1.22. The van der Waals surface area contributed by atoms with Gasteiger partial charge in [-0.3, -0.25) is 0 Å². The van der Waals surface area contributed by atoms with Crippen molar-refractivity contribution in [3.05, 3.63) is 0 Å². The minimum absolute atomic E-state index is 0. The Bertz CT molecular complexity index is 17.7. The molecule has 0 rings (SSSR count). The molecule has 0 aromatic heterocycles. The van der Waals surface area contributed by atoms with Gasteiger partial charge in [0.05, 0.1) is 0 Å². The summed E-state index contributed by atoms with van der Waals surface area (Å²) in [6.07, 6.45) is 0. The Morgan fingerprint density at radius 2 is 1.43 bits per heavy atom. The van der Waals surface area contributed by atoms with Crippen molar-refractivity contribution in [1.29, 1.82) is 0 Å². The molecule has 2 nitrogen and oxygen atoms in total. The number of aliphatic hydroxyl groups is 1. The predicted octanol–water partition coefficient (Wildman–Crippen LogP) is 0.721. The summed E-state index contributed by atoms with van der Waals surface area (Å²) in [6.45, 7) is 1.93. The van der Waals surface area contributed by atoms with Crippen LogP contribution in [0.1, 0.15) is 6.92 Å². The molecule has 0 aliphatic rings. The van der Waals surface area contributed by atoms with Gasteiger partial charge >= 0.3 is 27.5 Å². The van der Waals surface area contributed by atoms with Crippen LogP contribution in [0.2, 0.25) is 0 Å². The Kier molecular flexibility index (Phi) is 195. The molecule has 7 heavy (non-hydrogen) atoms. The third-order valence-corrected chi connectivity index (χ3v) is 0. The van der Waals surface area contributed by atoms with E-state index in [2.05, 4.69) is 0 Å². The molecule has 0 atom stereocenters. The summed E-state index contributed by atoms with van der Waals surface area (Å²) in [5.74, 6) is 0. The van der Waals surface area contributed by atoms with Crippen molar-refractivity contribution in [2.75, 3.05) is 6.61 Å². The summed E-state index contributed by atoms with van der Waals surface area (Å²) in [6, 6.07) is 0. The second kappa shape index (κ2) is 56.6. The molecule has 0 unspecified atom stereocenters. The van der Waals surface area contributed by atoms with Gasteiger partial charge in [-0.05, 0) is 6.92 Å². The molecule has 0 aliphatic heterocycles. The number of aliphatic hydroxyl groups excluding tert-OH is 1. The SMILES string of the molecule is CCO.Cl.Cl.[O]=[Zr]. The fourth-order valence-electron chi connectivity index (χ4n) is 0. The summed E-state index contributed by atoms with van der Waals surface area (Å²) < 4.78 is 8.34. The van der Waals surface area contributed by atoms with Crippen LogP contribution in [0.4, 0.5) is 0 Å². The van der Waals surface area contributed by atoms with Gasteiger partial charge in [-0.1, -0.05) is 0 Å². The van der Waals surface area contributed by atoms with E-state index in [-0.39, 0.29) is 31.4 Å². The molecule has 0 heterocycles. The van der Waals surface area contributed by atoms with E-state index in [1.54, 1.807) is 6.92 Å². The number of hydrogen-bond acceptors (Lipinski definition) is 2. The van der Waals surface area contributed by atoms with Crippen molar-refractivity contribution in [2.24, 2.45) is 0 Å². The van der Waals surface area contributed by atoms with Crippen molar-refractivity contribution in [3.63, 3.8) is 0 Å². The van der Waals surface area contributed by atoms with E-state index >= 15 is 0 Å². The summed E-state index contributed by atoms with van der Waals surface area (Å²) in [5, 5.41) is 7.57. The van der Waals surface area contributed by atoms with Gasteiger partial charge in [0.15, 0.2) is 0 Å². The first kappa shape index (κ1) is 24.1. The third-order valence-electron chi connectivity index (χ3n) is 0. The van der Waals surface area contributed by atoms with Crippen molar-refractivity contribution in [3.8, 4) is 0 Å². The van der Waals surface area contributed by atoms with Crippen molar-refractivity contribution < 1.29 is 32.6 Å². The second-order valence-corrected chi connectivity index (χ2v) is 0.316. The van der Waals surface area contributed by atoms with Crippen LogP contribution in [0, 0.1) is 0 Å². The van der Waals surface area contributed by atoms with Crippen LogP contribution in [0.5, 0.6) is 0 Å². The standard InChI is InChI=1S/C2H6O.2ClH.O.Zr/c1-2-3;;;;/h3H,2H2,1H3;2*1H;;. The Morgan fingerprint density at radius 3 is 1.43 bits per heavy atom. The average Bonchev–Trinajstić information content (AvgIpc) is 1.46. The quantitative estimate of drug-likeness (QED) is 0.661. The predicted molar refractivity (Wildman–Crippen MR) is 27.9 cm³/mol. The molecule has 0 aromatic carbocycles. The maximum atomic E-state index is 8.34. The molecule has 0 bridgehead atoms. The number of hydrogen-bond donors (Lipinski definition) is 1. The van der Waals surface area contributed by atoms with E-state index in [4.69, 9.17) is 7.92 Å². The topological polar surface area (TPSA) is 37.3 Å². The van der Waals surface area contributed by atoms with E-state index in [9.17, 15) is 0 Å². The average molecular weight is 226 g/mol. The summed E-state index contributed by atoms with van der Waals surface area (Å²) in [7, 11) is 0. The van der Waals surface area contributed by atoms with Gasteiger partial charge in [-0.25, -0.2) is 0 Å². The van der Waals surface area contributed by atoms with E-state index in [1.165, 1.54) is 0 Å². The first-order valence-corrected chi connectivity index (χ1v) is 2.23. The first-order chi connectivity index (χ1) is 2.41. The zero-order valence-electron chi connectivity index (χ0n) is 3.88. The molecule has 5 heteroatoms. The summed E-state index contributed by atoms with van der Waals surface area (Å²) >= 11 is 0.300. The number of halogens is 2. The van der Waals surface area contributed by atoms with E-state index in [0.29, 0.717) is 24.7 Å². The molecule has 0 saturated carbocycles. The van der Waals surface area contributed by atoms with Gasteiger partial charge in [0.1, 0.15) is 0 Å². The van der Waals surface area contributed by atoms with Crippen LogP contribution >= 0.6 is 24.8 Å². The maximum absolute atomic E-state index is 8.34. The molecule has 0 aromatic rings. The van der Waals surface area contributed by atoms with Crippen LogP contribution < -0.4 is 0 Å². The molecule has 0 saturated heterocycles. The van der Waals surface area contributed by atoms with Crippen LogP contribution in [0.3, 0.4) is 0 Å². The van der Waals surface area contributed by atoms with Gasteiger partial charge in [-0.15, -0.1) is 24.8 Å². The second-order valence-electron chi connectivity index (χ2n) is 0.316. The molecule has 46 valence electrons. The Morgan fingerprint density at radius 1 is 1.43 bits per heavy atom. The zero-order chi connectivity index (χ0) is 4.71. The molecular formula is C2H8Cl2O2Zr. The van der Waals surface area contributed by atoms with E-state index in [1.807, 2.05) is 0 Å². The summed E-state index contributed by atoms with van der Waals surface area (Å²) in [5.41, 5.74) is 0. The fourth-order valence-corrected chi connectivity index (χ4v) is 0. The van der Waals surface area contributed by atoms with Crippen LogP contribution in [-0.2, 0) is 27.5 Å². The third kappa shape index (κ3) is 132. The van der Waals surface area contributed by atoms with E-state index < -0.39 is 0 Å². The van der Waals surface area contributed by atoms with Gasteiger partial charge < -0.3 is 5.11 Å². The minimum atomic E-state index is 0. The Balaban J connectivity index is -0.0000000105. The first-order valence-electron chi connectivity index (χ1n) is 1.23. The molecule has 1 N–H and O–H groups in total. The monoisotopic (exact) mass is 224 g/mol. The van der Waals surface area contributed by atoms with Gasteiger partial charge in [0.2, 0.25) is 0 Å².